The summed E-state index contributed by atoms with van der Waals surface area (Å²) >= 11 is 0. The van der Waals surface area contributed by atoms with Crippen LogP contribution in [0.1, 0.15) is 32.0 Å². The highest BCUT2D eigenvalue weighted by molar-refractivity contribution is 5.74. The third-order valence-corrected chi connectivity index (χ3v) is 3.42. The molecular weight excluding hydrogens is 202 g/mol. The van der Waals surface area contributed by atoms with Crippen LogP contribution >= 0.6 is 0 Å². The lowest BCUT2D eigenvalue weighted by molar-refractivity contribution is -0.150. The second-order valence-corrected chi connectivity index (χ2v) is 4.82. The molecule has 1 N–H and O–H groups in total. The topological polar surface area (TPSA) is 50.2 Å². The molecule has 0 fully saturated rings. The summed E-state index contributed by atoms with van der Waals surface area (Å²) in [4.78, 5) is 15.6. The minimum absolute atomic E-state index is 0.0754. The van der Waals surface area contributed by atoms with Crippen LogP contribution in [0.4, 0.5) is 0 Å². The van der Waals surface area contributed by atoms with Gasteiger partial charge in [0.2, 0.25) is 0 Å². The van der Waals surface area contributed by atoms with E-state index >= 15 is 0 Å². The molecule has 1 unspecified atom stereocenters. The molecular formula is C13H19NO2. The van der Waals surface area contributed by atoms with E-state index in [2.05, 4.69) is 4.98 Å². The molecule has 1 aromatic rings. The average Bonchev–Trinajstić information content (AvgIpc) is 2.20. The zero-order chi connectivity index (χ0) is 12.3. The molecule has 0 spiro atoms. The summed E-state index contributed by atoms with van der Waals surface area (Å²) in [5.41, 5.74) is 1.18. The molecule has 0 saturated heterocycles. The quantitative estimate of drug-likeness (QED) is 0.850. The number of aryl methyl sites for hydroxylation is 1. The Morgan fingerprint density at radius 1 is 1.56 bits per heavy atom. The standard InChI is InChI=1S/C13H19NO2/c1-9(2)13(4,12(15)16)8-11-10(3)6-5-7-14-11/h5-7,9H,8H2,1-4H3,(H,15,16). The number of rotatable bonds is 4. The number of aliphatic carboxylic acids is 1. The number of carboxylic acid groups (broad SMARTS) is 1. The second kappa shape index (κ2) is 4.64. The monoisotopic (exact) mass is 221 g/mol. The minimum Gasteiger partial charge on any atom is -0.481 e. The summed E-state index contributed by atoms with van der Waals surface area (Å²) < 4.78 is 0. The lowest BCUT2D eigenvalue weighted by Crippen LogP contribution is -2.35. The number of carbonyl (C=O) groups is 1. The third kappa shape index (κ3) is 2.40. The lowest BCUT2D eigenvalue weighted by atomic mass is 9.75. The molecule has 1 atom stereocenters. The SMILES string of the molecule is Cc1cccnc1CC(C)(C(=O)O)C(C)C. The predicted molar refractivity (Wildman–Crippen MR) is 63.3 cm³/mol. The molecule has 1 heterocycles. The van der Waals surface area contributed by atoms with E-state index in [0.717, 1.165) is 11.3 Å². The van der Waals surface area contributed by atoms with Crippen LogP contribution in [-0.2, 0) is 11.2 Å². The Morgan fingerprint density at radius 3 is 2.62 bits per heavy atom. The van der Waals surface area contributed by atoms with E-state index < -0.39 is 11.4 Å². The van der Waals surface area contributed by atoms with Crippen LogP contribution < -0.4 is 0 Å². The number of pyridine rings is 1. The van der Waals surface area contributed by atoms with Crippen LogP contribution in [0.15, 0.2) is 18.3 Å². The largest absolute Gasteiger partial charge is 0.481 e. The first-order valence-electron chi connectivity index (χ1n) is 5.52. The van der Waals surface area contributed by atoms with Crippen molar-refractivity contribution in [3.05, 3.63) is 29.6 Å². The van der Waals surface area contributed by atoms with Crippen LogP contribution in [0.5, 0.6) is 0 Å². The molecule has 0 aromatic carbocycles. The number of hydrogen-bond acceptors (Lipinski definition) is 2. The molecule has 88 valence electrons. The van der Waals surface area contributed by atoms with Gasteiger partial charge in [0.25, 0.3) is 0 Å². The van der Waals surface area contributed by atoms with Gasteiger partial charge in [0.1, 0.15) is 0 Å². The molecule has 1 rings (SSSR count). The maximum atomic E-state index is 11.4. The Morgan fingerprint density at radius 2 is 2.19 bits per heavy atom. The van der Waals surface area contributed by atoms with Crippen LogP contribution in [0.25, 0.3) is 0 Å². The van der Waals surface area contributed by atoms with Gasteiger partial charge >= 0.3 is 5.97 Å². The first-order valence-corrected chi connectivity index (χ1v) is 5.52. The number of carboxylic acids is 1. The molecule has 0 aliphatic rings. The molecule has 3 heteroatoms. The van der Waals surface area contributed by atoms with E-state index in [1.54, 1.807) is 13.1 Å². The summed E-state index contributed by atoms with van der Waals surface area (Å²) in [5, 5.41) is 9.33. The Bertz CT molecular complexity index is 387. The van der Waals surface area contributed by atoms with E-state index in [9.17, 15) is 9.90 Å². The maximum absolute atomic E-state index is 11.4. The van der Waals surface area contributed by atoms with Crippen molar-refractivity contribution in [2.24, 2.45) is 11.3 Å². The molecule has 16 heavy (non-hydrogen) atoms. The molecule has 0 radical (unpaired) electrons. The van der Waals surface area contributed by atoms with Crippen LogP contribution in [0.2, 0.25) is 0 Å². The van der Waals surface area contributed by atoms with Crippen molar-refractivity contribution >= 4 is 5.97 Å². The molecule has 0 aliphatic carbocycles. The third-order valence-electron chi connectivity index (χ3n) is 3.42. The predicted octanol–water partition coefficient (Wildman–Crippen LogP) is 2.68. The Labute approximate surface area is 96.5 Å². The molecule has 1 aromatic heterocycles. The summed E-state index contributed by atoms with van der Waals surface area (Å²) in [6, 6.07) is 3.83. The Kier molecular flexibility index (Phi) is 3.68. The summed E-state index contributed by atoms with van der Waals surface area (Å²) in [7, 11) is 0. The normalized spacial score (nSPS) is 14.8. The fourth-order valence-corrected chi connectivity index (χ4v) is 1.58. The fourth-order valence-electron chi connectivity index (χ4n) is 1.58. The number of hydrogen-bond donors (Lipinski definition) is 1. The summed E-state index contributed by atoms with van der Waals surface area (Å²) in [6.07, 6.45) is 2.19. The molecule has 0 bridgehead atoms. The number of aromatic nitrogens is 1. The zero-order valence-electron chi connectivity index (χ0n) is 10.3. The van der Waals surface area contributed by atoms with Gasteiger partial charge < -0.3 is 5.11 Å². The summed E-state index contributed by atoms with van der Waals surface area (Å²) in [5.74, 6) is -0.682. The second-order valence-electron chi connectivity index (χ2n) is 4.82. The highest BCUT2D eigenvalue weighted by Gasteiger charge is 2.37. The van der Waals surface area contributed by atoms with Gasteiger partial charge in [0.05, 0.1) is 5.41 Å². The van der Waals surface area contributed by atoms with E-state index in [0.29, 0.717) is 6.42 Å². The van der Waals surface area contributed by atoms with Crippen molar-refractivity contribution in [2.75, 3.05) is 0 Å². The van der Waals surface area contributed by atoms with Crippen molar-refractivity contribution in [2.45, 2.75) is 34.1 Å². The van der Waals surface area contributed by atoms with E-state index in [-0.39, 0.29) is 5.92 Å². The van der Waals surface area contributed by atoms with Gasteiger partial charge in [-0.05, 0) is 31.4 Å². The van der Waals surface area contributed by atoms with Crippen molar-refractivity contribution < 1.29 is 9.90 Å². The van der Waals surface area contributed by atoms with Gasteiger partial charge in [-0.2, -0.15) is 0 Å². The van der Waals surface area contributed by atoms with E-state index in [4.69, 9.17) is 0 Å². The fraction of sp³-hybridized carbons (Fsp3) is 0.538. The highest BCUT2D eigenvalue weighted by atomic mass is 16.4. The lowest BCUT2D eigenvalue weighted by Gasteiger charge is -2.29. The van der Waals surface area contributed by atoms with Gasteiger partial charge in [0.15, 0.2) is 0 Å². The van der Waals surface area contributed by atoms with Crippen LogP contribution in [-0.4, -0.2) is 16.1 Å². The molecule has 0 aliphatic heterocycles. The van der Waals surface area contributed by atoms with Crippen LogP contribution in [0, 0.1) is 18.3 Å². The van der Waals surface area contributed by atoms with Crippen molar-refractivity contribution in [1.82, 2.24) is 4.98 Å². The van der Waals surface area contributed by atoms with E-state index in [1.807, 2.05) is 32.9 Å². The first-order chi connectivity index (χ1) is 7.38. The Balaban J connectivity index is 3.02. The highest BCUT2D eigenvalue weighted by Crippen LogP contribution is 2.31. The van der Waals surface area contributed by atoms with Gasteiger partial charge in [-0.15, -0.1) is 0 Å². The van der Waals surface area contributed by atoms with Crippen LogP contribution in [0.3, 0.4) is 0 Å². The van der Waals surface area contributed by atoms with Crippen molar-refractivity contribution in [3.8, 4) is 0 Å². The Hall–Kier alpha value is -1.38. The average molecular weight is 221 g/mol. The van der Waals surface area contributed by atoms with E-state index in [1.165, 1.54) is 0 Å². The molecule has 0 saturated carbocycles. The molecule has 3 nitrogen and oxygen atoms in total. The number of nitrogens with zero attached hydrogens (tertiary/aromatic N) is 1. The van der Waals surface area contributed by atoms with Crippen molar-refractivity contribution in [1.29, 1.82) is 0 Å². The smallest absolute Gasteiger partial charge is 0.310 e. The maximum Gasteiger partial charge on any atom is 0.310 e. The van der Waals surface area contributed by atoms with Gasteiger partial charge in [-0.25, -0.2) is 0 Å². The van der Waals surface area contributed by atoms with Gasteiger partial charge in [-0.3, -0.25) is 9.78 Å². The van der Waals surface area contributed by atoms with Gasteiger partial charge in [-0.1, -0.05) is 19.9 Å². The van der Waals surface area contributed by atoms with Gasteiger partial charge in [0, 0.05) is 18.3 Å². The summed E-state index contributed by atoms with van der Waals surface area (Å²) in [6.45, 7) is 7.62. The first kappa shape index (κ1) is 12.7. The van der Waals surface area contributed by atoms with Crippen molar-refractivity contribution in [3.63, 3.8) is 0 Å². The zero-order valence-corrected chi connectivity index (χ0v) is 10.3. The minimum atomic E-state index is -0.757. The molecule has 0 amide bonds.